The molecular weight excluding hydrogens is 189 g/mol. The molecular formula is C4H9IN-. The topological polar surface area (TPSA) is 26.0 Å². The van der Waals surface area contributed by atoms with Crippen molar-refractivity contribution in [3.8, 4) is 0 Å². The van der Waals surface area contributed by atoms with E-state index in [1.807, 2.05) is 0 Å². The number of halogens is 1. The Bertz CT molecular complexity index is 42.8. The van der Waals surface area contributed by atoms with Crippen LogP contribution in [0.5, 0.6) is 0 Å². The van der Waals surface area contributed by atoms with Crippen LogP contribution in [0.2, 0.25) is 0 Å². The Morgan fingerprint density at radius 1 is 1.83 bits per heavy atom. The van der Waals surface area contributed by atoms with Crippen LogP contribution in [0.3, 0.4) is 0 Å². The fourth-order valence-electron chi connectivity index (χ4n) is 0.398. The first-order valence-electron chi connectivity index (χ1n) is 2.21. The van der Waals surface area contributed by atoms with Gasteiger partial charge in [0.05, 0.1) is 0 Å². The molecule has 1 saturated heterocycles. The number of alkyl halides is 2. The summed E-state index contributed by atoms with van der Waals surface area (Å²) in [5, 5.41) is 0. The van der Waals surface area contributed by atoms with Gasteiger partial charge < -0.3 is 0 Å². The van der Waals surface area contributed by atoms with Crippen molar-refractivity contribution < 1.29 is 21.2 Å². The van der Waals surface area contributed by atoms with Crippen LogP contribution in [-0.2, 0) is 0 Å². The van der Waals surface area contributed by atoms with E-state index in [1.54, 1.807) is 4.43 Å². The molecule has 1 fully saturated rings. The van der Waals surface area contributed by atoms with E-state index in [0.29, 0.717) is 21.2 Å². The minimum atomic E-state index is 0.688. The van der Waals surface area contributed by atoms with E-state index in [9.17, 15) is 0 Å². The van der Waals surface area contributed by atoms with Gasteiger partial charge in [-0.25, -0.2) is 0 Å². The molecule has 1 rings (SSSR count). The molecule has 38 valence electrons. The second-order valence-corrected chi connectivity index (χ2v) is 5.01. The summed E-state index contributed by atoms with van der Waals surface area (Å²) < 4.78 is 2.68. The number of rotatable bonds is 2. The summed E-state index contributed by atoms with van der Waals surface area (Å²) in [7, 11) is 0. The molecule has 0 radical (unpaired) electrons. The Hall–Kier alpha value is 0.690. The van der Waals surface area contributed by atoms with E-state index >= 15 is 0 Å². The number of nitrogens with two attached hydrogens (primary N) is 1. The summed E-state index contributed by atoms with van der Waals surface area (Å²) in [5.74, 6) is 0. The monoisotopic (exact) mass is 198 g/mol. The molecule has 0 amide bonds. The van der Waals surface area contributed by atoms with Crippen molar-refractivity contribution >= 4 is 0 Å². The van der Waals surface area contributed by atoms with Crippen LogP contribution in [0.15, 0.2) is 0 Å². The van der Waals surface area contributed by atoms with Crippen molar-refractivity contribution in [1.29, 1.82) is 0 Å². The summed E-state index contributed by atoms with van der Waals surface area (Å²) in [4.78, 5) is 0. The maximum atomic E-state index is 5.29. The molecule has 1 heterocycles. The molecule has 0 spiro atoms. The van der Waals surface area contributed by atoms with Crippen LogP contribution in [0, 0.1) is 0 Å². The second kappa shape index (κ2) is 2.12. The summed E-state index contributed by atoms with van der Waals surface area (Å²) >= 11 is 0.688. The first-order valence-corrected chi connectivity index (χ1v) is 4.98. The zero-order valence-electron chi connectivity index (χ0n) is 3.65. The van der Waals surface area contributed by atoms with Crippen molar-refractivity contribution in [3.63, 3.8) is 0 Å². The Morgan fingerprint density at radius 2 is 2.50 bits per heavy atom. The minimum absolute atomic E-state index is 0.688. The molecule has 0 aromatic carbocycles. The molecule has 0 aromatic heterocycles. The molecule has 1 unspecified atom stereocenters. The summed E-state index contributed by atoms with van der Waals surface area (Å²) in [6.45, 7) is 0.921. The number of hydrogen-bond acceptors (Lipinski definition) is 1. The van der Waals surface area contributed by atoms with Gasteiger partial charge in [0, 0.05) is 0 Å². The fourth-order valence-corrected chi connectivity index (χ4v) is 2.00. The van der Waals surface area contributed by atoms with Gasteiger partial charge in [-0.15, -0.1) is 0 Å². The van der Waals surface area contributed by atoms with Gasteiger partial charge in [0.15, 0.2) is 0 Å². The van der Waals surface area contributed by atoms with Crippen molar-refractivity contribution in [2.24, 2.45) is 5.73 Å². The first kappa shape index (κ1) is 4.84. The fraction of sp³-hybridized carbons (Fsp3) is 1.00. The van der Waals surface area contributed by atoms with Gasteiger partial charge in [-0.05, 0) is 0 Å². The summed E-state index contributed by atoms with van der Waals surface area (Å²) in [6.07, 6.45) is 1.31. The molecule has 0 saturated carbocycles. The average Bonchev–Trinajstić information content (AvgIpc) is 2.21. The van der Waals surface area contributed by atoms with E-state index in [4.69, 9.17) is 5.73 Å². The normalized spacial score (nSPS) is 31.8. The predicted octanol–water partition coefficient (Wildman–Crippen LogP) is -3.19. The molecule has 1 nitrogen and oxygen atoms in total. The van der Waals surface area contributed by atoms with Crippen molar-refractivity contribution in [2.45, 2.75) is 10.3 Å². The van der Waals surface area contributed by atoms with E-state index in [-0.39, 0.29) is 0 Å². The van der Waals surface area contributed by atoms with Gasteiger partial charge in [0.2, 0.25) is 0 Å². The quantitative estimate of drug-likeness (QED) is 0.367. The summed E-state index contributed by atoms with van der Waals surface area (Å²) in [6, 6.07) is 0. The Labute approximate surface area is 48.6 Å². The van der Waals surface area contributed by atoms with Crippen LogP contribution in [0.1, 0.15) is 6.42 Å². The van der Waals surface area contributed by atoms with Crippen LogP contribution in [0.4, 0.5) is 0 Å². The van der Waals surface area contributed by atoms with Crippen molar-refractivity contribution in [1.82, 2.24) is 0 Å². The molecule has 2 N–H and O–H groups in total. The van der Waals surface area contributed by atoms with E-state index in [0.717, 1.165) is 10.5 Å². The van der Waals surface area contributed by atoms with Crippen molar-refractivity contribution in [2.75, 3.05) is 11.0 Å². The molecule has 0 aromatic rings. The third-order valence-electron chi connectivity index (χ3n) is 0.852. The third kappa shape index (κ3) is 1.43. The molecule has 1 aliphatic rings. The first-order chi connectivity index (χ1) is 2.93. The molecule has 1 aliphatic heterocycles. The molecule has 0 bridgehead atoms. The van der Waals surface area contributed by atoms with Crippen LogP contribution in [0.25, 0.3) is 0 Å². The van der Waals surface area contributed by atoms with Crippen LogP contribution < -0.4 is 26.9 Å². The molecule has 6 heavy (non-hydrogen) atoms. The molecule has 2 heteroatoms. The van der Waals surface area contributed by atoms with Gasteiger partial charge in [0.1, 0.15) is 0 Å². The predicted molar refractivity (Wildman–Crippen MR) is 22.3 cm³/mol. The van der Waals surface area contributed by atoms with E-state index in [1.165, 1.54) is 6.42 Å². The van der Waals surface area contributed by atoms with Gasteiger partial charge in [-0.2, -0.15) is 0 Å². The van der Waals surface area contributed by atoms with E-state index in [2.05, 4.69) is 0 Å². The van der Waals surface area contributed by atoms with Gasteiger partial charge in [0.25, 0.3) is 0 Å². The van der Waals surface area contributed by atoms with Crippen LogP contribution >= 0.6 is 0 Å². The maximum absolute atomic E-state index is 5.29. The SMILES string of the molecule is NCCC1C[I-]1. The molecule has 0 aliphatic carbocycles. The molecule has 1 atom stereocenters. The standard InChI is InChI=1S/C4H9IN/c6-2-1-4-3-5-4/h4H,1-3,6H2/q-1. The zero-order valence-corrected chi connectivity index (χ0v) is 5.81. The van der Waals surface area contributed by atoms with Crippen molar-refractivity contribution in [3.05, 3.63) is 0 Å². The summed E-state index contributed by atoms with van der Waals surface area (Å²) in [5.41, 5.74) is 5.29. The van der Waals surface area contributed by atoms with Crippen LogP contribution in [-0.4, -0.2) is 14.9 Å². The van der Waals surface area contributed by atoms with Gasteiger partial charge >= 0.3 is 48.3 Å². The number of hydrogen-bond donors (Lipinski definition) is 1. The Balaban J connectivity index is 1.88. The Kier molecular flexibility index (Phi) is 1.71. The second-order valence-electron chi connectivity index (χ2n) is 1.48. The third-order valence-corrected chi connectivity index (χ3v) is 3.60. The Morgan fingerprint density at radius 3 is 2.67 bits per heavy atom. The van der Waals surface area contributed by atoms with Gasteiger partial charge in [-0.1, -0.05) is 0 Å². The van der Waals surface area contributed by atoms with Gasteiger partial charge in [-0.3, -0.25) is 0 Å². The van der Waals surface area contributed by atoms with E-state index < -0.39 is 0 Å². The zero-order chi connectivity index (χ0) is 4.41. The average molecular weight is 198 g/mol.